The van der Waals surface area contributed by atoms with Crippen LogP contribution < -0.4 is 0 Å². The summed E-state index contributed by atoms with van der Waals surface area (Å²) in [5.74, 6) is 1.18. The zero-order chi connectivity index (χ0) is 22.1. The number of aromatic nitrogens is 2. The molecule has 162 valence electrons. The first-order valence-corrected chi connectivity index (χ1v) is 11.5. The quantitative estimate of drug-likeness (QED) is 0.354. The van der Waals surface area contributed by atoms with E-state index in [2.05, 4.69) is 22.8 Å². The van der Waals surface area contributed by atoms with Crippen LogP contribution in [0.2, 0.25) is 10.0 Å². The lowest BCUT2D eigenvalue weighted by atomic mass is 10.1. The van der Waals surface area contributed by atoms with Crippen LogP contribution in [-0.2, 0) is 17.8 Å². The number of likely N-dealkylation sites (tertiary alicyclic amines) is 1. The van der Waals surface area contributed by atoms with E-state index >= 15 is 0 Å². The minimum Gasteiger partial charge on any atom is -0.342 e. The van der Waals surface area contributed by atoms with Gasteiger partial charge in [0.2, 0.25) is 5.91 Å². The van der Waals surface area contributed by atoms with Crippen molar-refractivity contribution < 1.29 is 4.79 Å². The Morgan fingerprint density at radius 1 is 0.969 bits per heavy atom. The molecule has 1 aromatic heterocycles. The normalized spacial score (nSPS) is 16.2. The molecule has 1 amide bonds. The van der Waals surface area contributed by atoms with Crippen molar-refractivity contribution in [1.82, 2.24) is 14.5 Å². The third-order valence-electron chi connectivity index (χ3n) is 6.12. The molecule has 0 saturated carbocycles. The van der Waals surface area contributed by atoms with Gasteiger partial charge in [-0.2, -0.15) is 0 Å². The monoisotopic (exact) mass is 463 g/mol. The van der Waals surface area contributed by atoms with Gasteiger partial charge >= 0.3 is 0 Å². The average molecular weight is 464 g/mol. The molecule has 2 heterocycles. The van der Waals surface area contributed by atoms with Gasteiger partial charge in [-0.25, -0.2) is 4.98 Å². The molecule has 4 nitrogen and oxygen atoms in total. The molecule has 32 heavy (non-hydrogen) atoms. The summed E-state index contributed by atoms with van der Waals surface area (Å²) in [7, 11) is 0. The van der Waals surface area contributed by atoms with E-state index in [0.717, 1.165) is 35.4 Å². The molecule has 4 aromatic rings. The van der Waals surface area contributed by atoms with Crippen LogP contribution in [0.3, 0.4) is 0 Å². The minimum atomic E-state index is 0.0525. The van der Waals surface area contributed by atoms with E-state index in [1.165, 1.54) is 5.56 Å². The van der Waals surface area contributed by atoms with E-state index in [1.807, 2.05) is 53.4 Å². The molecule has 6 heteroatoms. The third kappa shape index (κ3) is 4.25. The van der Waals surface area contributed by atoms with Crippen LogP contribution >= 0.6 is 23.2 Å². The molecule has 0 bridgehead atoms. The van der Waals surface area contributed by atoms with Crippen LogP contribution in [0, 0.1) is 0 Å². The highest BCUT2D eigenvalue weighted by Crippen LogP contribution is 2.32. The maximum atomic E-state index is 12.8. The molecular weight excluding hydrogens is 441 g/mol. The summed E-state index contributed by atoms with van der Waals surface area (Å²) < 4.78 is 2.20. The summed E-state index contributed by atoms with van der Waals surface area (Å²) in [4.78, 5) is 19.7. The fourth-order valence-electron chi connectivity index (χ4n) is 4.46. The SMILES string of the molecule is O=C1CC(c2nc3ccccc3n2Cc2ccc(Cl)cc2Cl)CN1CCc1ccccc1. The van der Waals surface area contributed by atoms with Crippen LogP contribution in [0.15, 0.2) is 72.8 Å². The molecular formula is C26H23Cl2N3O. The van der Waals surface area contributed by atoms with Crippen molar-refractivity contribution in [1.29, 1.82) is 0 Å². The zero-order valence-electron chi connectivity index (χ0n) is 17.5. The molecule has 1 saturated heterocycles. The van der Waals surface area contributed by atoms with Crippen molar-refractivity contribution in [2.45, 2.75) is 25.3 Å². The first-order chi connectivity index (χ1) is 15.6. The summed E-state index contributed by atoms with van der Waals surface area (Å²) in [6, 6.07) is 24.0. The van der Waals surface area contributed by atoms with Crippen molar-refractivity contribution in [2.75, 3.05) is 13.1 Å². The Bertz CT molecular complexity index is 1270. The molecule has 1 unspecified atom stereocenters. The molecule has 5 rings (SSSR count). The van der Waals surface area contributed by atoms with Crippen molar-refractivity contribution >= 4 is 40.1 Å². The van der Waals surface area contributed by atoms with Gasteiger partial charge in [-0.05, 0) is 41.8 Å². The van der Waals surface area contributed by atoms with Gasteiger partial charge in [0.25, 0.3) is 0 Å². The van der Waals surface area contributed by atoms with E-state index < -0.39 is 0 Å². The topological polar surface area (TPSA) is 38.1 Å². The van der Waals surface area contributed by atoms with Gasteiger partial charge in [0.1, 0.15) is 5.82 Å². The molecule has 3 aromatic carbocycles. The number of fused-ring (bicyclic) bond motifs is 1. The van der Waals surface area contributed by atoms with Crippen molar-refractivity contribution in [3.8, 4) is 0 Å². The molecule has 1 atom stereocenters. The van der Waals surface area contributed by atoms with Gasteiger partial charge in [0.05, 0.1) is 17.6 Å². The Labute approximate surface area is 197 Å². The number of halogens is 2. The number of amides is 1. The van der Waals surface area contributed by atoms with Crippen molar-refractivity contribution in [3.05, 3.63) is 99.8 Å². The highest BCUT2D eigenvalue weighted by Gasteiger charge is 2.33. The summed E-state index contributed by atoms with van der Waals surface area (Å²) in [6.45, 7) is 1.99. The van der Waals surface area contributed by atoms with Crippen LogP contribution in [0.4, 0.5) is 0 Å². The van der Waals surface area contributed by atoms with Crippen molar-refractivity contribution in [3.63, 3.8) is 0 Å². The lowest BCUT2D eigenvalue weighted by Gasteiger charge is -2.18. The summed E-state index contributed by atoms with van der Waals surface area (Å²) in [5, 5.41) is 1.25. The van der Waals surface area contributed by atoms with Gasteiger partial charge in [-0.15, -0.1) is 0 Å². The number of rotatable bonds is 6. The number of nitrogens with zero attached hydrogens (tertiary/aromatic N) is 3. The first-order valence-electron chi connectivity index (χ1n) is 10.8. The van der Waals surface area contributed by atoms with Gasteiger partial charge in [-0.1, -0.05) is 71.7 Å². The number of carbonyl (C=O) groups excluding carboxylic acids is 1. The van der Waals surface area contributed by atoms with E-state index in [-0.39, 0.29) is 11.8 Å². The molecule has 1 aliphatic rings. The summed E-state index contributed by atoms with van der Waals surface area (Å²) >= 11 is 12.6. The van der Waals surface area contributed by atoms with Crippen LogP contribution in [-0.4, -0.2) is 33.4 Å². The maximum absolute atomic E-state index is 12.8. The smallest absolute Gasteiger partial charge is 0.223 e. The van der Waals surface area contributed by atoms with Crippen LogP contribution in [0.25, 0.3) is 11.0 Å². The summed E-state index contributed by atoms with van der Waals surface area (Å²) in [6.07, 6.45) is 1.34. The zero-order valence-corrected chi connectivity index (χ0v) is 19.1. The Morgan fingerprint density at radius 3 is 2.56 bits per heavy atom. The number of para-hydroxylation sites is 2. The summed E-state index contributed by atoms with van der Waals surface area (Å²) in [5.41, 5.74) is 4.20. The number of hydrogen-bond acceptors (Lipinski definition) is 2. The second kappa shape index (κ2) is 8.97. The van der Waals surface area contributed by atoms with Gasteiger partial charge in [0, 0.05) is 35.5 Å². The third-order valence-corrected chi connectivity index (χ3v) is 6.71. The number of hydrogen-bond donors (Lipinski definition) is 0. The fourth-order valence-corrected chi connectivity index (χ4v) is 4.93. The van der Waals surface area contributed by atoms with Crippen LogP contribution in [0.5, 0.6) is 0 Å². The maximum Gasteiger partial charge on any atom is 0.223 e. The average Bonchev–Trinajstić information content (AvgIpc) is 3.35. The Hall–Kier alpha value is -2.82. The molecule has 0 N–H and O–H groups in total. The van der Waals surface area contributed by atoms with E-state index in [4.69, 9.17) is 28.2 Å². The van der Waals surface area contributed by atoms with Gasteiger partial charge in [0.15, 0.2) is 0 Å². The lowest BCUT2D eigenvalue weighted by Crippen LogP contribution is -2.27. The second-order valence-corrected chi connectivity index (χ2v) is 9.10. The Balaban J connectivity index is 1.42. The van der Waals surface area contributed by atoms with Crippen molar-refractivity contribution in [2.24, 2.45) is 0 Å². The van der Waals surface area contributed by atoms with Crippen LogP contribution in [0.1, 0.15) is 29.3 Å². The highest BCUT2D eigenvalue weighted by atomic mass is 35.5. The predicted molar refractivity (Wildman–Crippen MR) is 129 cm³/mol. The van der Waals surface area contributed by atoms with Gasteiger partial charge in [-0.3, -0.25) is 4.79 Å². The molecule has 1 fully saturated rings. The number of benzene rings is 3. The van der Waals surface area contributed by atoms with E-state index in [1.54, 1.807) is 6.07 Å². The highest BCUT2D eigenvalue weighted by molar-refractivity contribution is 6.35. The fraction of sp³-hybridized carbons (Fsp3) is 0.231. The number of imidazole rings is 1. The number of carbonyl (C=O) groups is 1. The molecule has 0 aliphatic carbocycles. The Kier molecular flexibility index (Phi) is 5.90. The standard InChI is InChI=1S/C26H23Cl2N3O/c27-21-11-10-19(22(28)15-21)17-31-24-9-5-4-8-23(24)29-26(31)20-14-25(32)30(16-20)13-12-18-6-2-1-3-7-18/h1-11,15,20H,12-14,16-17H2. The minimum absolute atomic E-state index is 0.0525. The van der Waals surface area contributed by atoms with Gasteiger partial charge < -0.3 is 9.47 Å². The predicted octanol–water partition coefficient (Wildman–Crippen LogP) is 5.95. The van der Waals surface area contributed by atoms with E-state index in [0.29, 0.717) is 29.6 Å². The Morgan fingerprint density at radius 2 is 1.75 bits per heavy atom. The molecule has 0 spiro atoms. The molecule has 0 radical (unpaired) electrons. The first kappa shape index (κ1) is 21.0. The molecule has 1 aliphatic heterocycles. The second-order valence-electron chi connectivity index (χ2n) is 8.26. The lowest BCUT2D eigenvalue weighted by molar-refractivity contribution is -0.127. The largest absolute Gasteiger partial charge is 0.342 e. The van der Waals surface area contributed by atoms with E-state index in [9.17, 15) is 4.79 Å².